The second-order valence-electron chi connectivity index (χ2n) is 11.6. The number of halogens is 6. The van der Waals surface area contributed by atoms with Gasteiger partial charge in [0.25, 0.3) is 0 Å². The molecule has 0 spiro atoms. The summed E-state index contributed by atoms with van der Waals surface area (Å²) in [6.45, 7) is 8.80. The maximum Gasteiger partial charge on any atom is 0.522 e. The van der Waals surface area contributed by atoms with Gasteiger partial charge in [-0.15, -0.1) is 13.2 Å². The molecule has 10 nitrogen and oxygen atoms in total. The van der Waals surface area contributed by atoms with Crippen molar-refractivity contribution in [2.75, 3.05) is 6.54 Å². The monoisotopic (exact) mass is 585 g/mol. The van der Waals surface area contributed by atoms with Crippen LogP contribution in [0.4, 0.5) is 26.3 Å². The molecule has 2 heterocycles. The lowest BCUT2D eigenvalue weighted by atomic mass is 9.80. The van der Waals surface area contributed by atoms with Crippen molar-refractivity contribution < 1.29 is 50.3 Å². The zero-order valence-electron chi connectivity index (χ0n) is 22.8. The number of nitrogens with one attached hydrogen (secondary N) is 3. The van der Waals surface area contributed by atoms with Gasteiger partial charge < -0.3 is 20.9 Å². The zero-order chi connectivity index (χ0) is 31.0. The summed E-state index contributed by atoms with van der Waals surface area (Å²) >= 11 is 0. The van der Waals surface area contributed by atoms with Gasteiger partial charge in [-0.05, 0) is 44.9 Å². The Morgan fingerprint density at radius 1 is 1.15 bits per heavy atom. The molecule has 16 heteroatoms. The Balaban J connectivity index is 2.35. The summed E-state index contributed by atoms with van der Waals surface area (Å²) in [6.07, 6.45) is -12.8. The molecule has 0 radical (unpaired) electrons. The molecule has 226 valence electrons. The molecule has 0 bridgehead atoms. The molecule has 2 rings (SSSR count). The Morgan fingerprint density at radius 3 is 2.17 bits per heavy atom. The minimum atomic E-state index is -5.52. The average molecular weight is 586 g/mol. The summed E-state index contributed by atoms with van der Waals surface area (Å²) in [4.78, 5) is 51.5. The quantitative estimate of drug-likeness (QED) is 0.373. The van der Waals surface area contributed by atoms with Crippen molar-refractivity contribution in [1.82, 2.24) is 20.9 Å². The number of rotatable bonds is 8. The molecule has 6 atom stereocenters. The van der Waals surface area contributed by atoms with Crippen molar-refractivity contribution in [2.24, 2.45) is 17.3 Å². The number of nitrogens with zero attached hydrogens (tertiary/aromatic N) is 2. The largest absolute Gasteiger partial charge is 0.522 e. The van der Waals surface area contributed by atoms with E-state index >= 15 is 0 Å². The fourth-order valence-electron chi connectivity index (χ4n) is 5.09. The summed E-state index contributed by atoms with van der Waals surface area (Å²) in [7, 11) is 0. The van der Waals surface area contributed by atoms with Gasteiger partial charge in [-0.3, -0.25) is 23.9 Å². The molecule has 2 aliphatic rings. The van der Waals surface area contributed by atoms with E-state index in [2.05, 4.69) is 15.4 Å². The van der Waals surface area contributed by atoms with Gasteiger partial charge in [-0.2, -0.15) is 18.4 Å². The third-order valence-corrected chi connectivity index (χ3v) is 7.35. The molecule has 0 aromatic heterocycles. The maximum atomic E-state index is 13.4. The number of nitriles is 1. The van der Waals surface area contributed by atoms with Crippen molar-refractivity contribution in [2.45, 2.75) is 96.7 Å². The Bertz CT molecular complexity index is 1050. The first-order chi connectivity index (χ1) is 18.0. The maximum absolute atomic E-state index is 13.4. The second kappa shape index (κ2) is 11.4. The highest BCUT2D eigenvalue weighted by Gasteiger charge is 2.53. The minimum absolute atomic E-state index is 0.0589. The number of likely N-dealkylation sites (tertiary alicyclic amines) is 1. The third kappa shape index (κ3) is 7.98. The van der Waals surface area contributed by atoms with Gasteiger partial charge in [0.15, 0.2) is 0 Å². The smallest absolute Gasteiger partial charge is 0.351 e. The zero-order valence-corrected chi connectivity index (χ0v) is 22.8. The molecule has 0 aliphatic carbocycles. The first-order valence-electron chi connectivity index (χ1n) is 12.4. The lowest BCUT2D eigenvalue weighted by Gasteiger charge is -2.33. The van der Waals surface area contributed by atoms with Crippen molar-refractivity contribution >= 4 is 23.6 Å². The highest BCUT2D eigenvalue weighted by atomic mass is 19.4. The van der Waals surface area contributed by atoms with Crippen LogP contribution in [0.2, 0.25) is 0 Å². The molecular weight excluding hydrogens is 552 g/mol. The molecule has 3 N–H and O–H groups in total. The number of hydrogen-bond acceptors (Lipinski definition) is 6. The Hall–Kier alpha value is -3.09. The van der Waals surface area contributed by atoms with Crippen LogP contribution in [0.15, 0.2) is 0 Å². The summed E-state index contributed by atoms with van der Waals surface area (Å²) in [5.74, 6) is -6.55. The van der Waals surface area contributed by atoms with Crippen LogP contribution in [0.3, 0.4) is 0 Å². The number of hydrogen-bond donors (Lipinski definition) is 3. The van der Waals surface area contributed by atoms with Gasteiger partial charge in [0.2, 0.25) is 17.7 Å². The van der Waals surface area contributed by atoms with E-state index in [1.54, 1.807) is 34.6 Å². The third-order valence-electron chi connectivity index (χ3n) is 7.35. The van der Waals surface area contributed by atoms with Crippen molar-refractivity contribution in [3.63, 3.8) is 0 Å². The van der Waals surface area contributed by atoms with Gasteiger partial charge in [-0.1, -0.05) is 20.8 Å². The van der Waals surface area contributed by atoms with E-state index in [4.69, 9.17) is 0 Å². The van der Waals surface area contributed by atoms with Crippen LogP contribution in [-0.2, 0) is 23.9 Å². The van der Waals surface area contributed by atoms with Gasteiger partial charge in [-0.25, -0.2) is 0 Å². The lowest BCUT2D eigenvalue weighted by Crippen LogP contribution is -2.60. The molecule has 0 aromatic carbocycles. The number of ether oxygens (including phenoxy) is 1. The first kappa shape index (κ1) is 33.1. The first-order valence-corrected chi connectivity index (χ1v) is 12.4. The van der Waals surface area contributed by atoms with Gasteiger partial charge >= 0.3 is 18.4 Å². The summed E-state index contributed by atoms with van der Waals surface area (Å²) < 4.78 is 81.2. The van der Waals surface area contributed by atoms with Crippen LogP contribution in [0.25, 0.3) is 0 Å². The molecular formula is C24H33F6N5O5. The predicted molar refractivity (Wildman–Crippen MR) is 126 cm³/mol. The fraction of sp³-hybridized carbons (Fsp3) is 0.792. The fourth-order valence-corrected chi connectivity index (χ4v) is 5.09. The van der Waals surface area contributed by atoms with E-state index in [1.165, 1.54) is 5.32 Å². The average Bonchev–Trinajstić information content (AvgIpc) is 3.18. The minimum Gasteiger partial charge on any atom is -0.351 e. The van der Waals surface area contributed by atoms with Crippen LogP contribution in [0.5, 0.6) is 0 Å². The molecule has 0 saturated carbocycles. The Labute approximate surface area is 227 Å². The number of carbonyl (C=O) groups excluding carboxylic acids is 4. The van der Waals surface area contributed by atoms with E-state index in [-0.39, 0.29) is 18.9 Å². The molecule has 4 amide bonds. The van der Waals surface area contributed by atoms with Crippen LogP contribution in [0.1, 0.15) is 54.4 Å². The van der Waals surface area contributed by atoms with E-state index in [9.17, 15) is 50.8 Å². The van der Waals surface area contributed by atoms with Crippen LogP contribution in [-0.4, -0.2) is 77.4 Å². The Kier molecular flexibility index (Phi) is 9.45. The van der Waals surface area contributed by atoms with E-state index in [0.717, 1.165) is 4.90 Å². The number of amides is 4. The second-order valence-corrected chi connectivity index (χ2v) is 11.6. The highest BCUT2D eigenvalue weighted by molar-refractivity contribution is 5.94. The summed E-state index contributed by atoms with van der Waals surface area (Å²) in [5.41, 5.74) is -1.37. The van der Waals surface area contributed by atoms with Crippen molar-refractivity contribution in [3.05, 3.63) is 0 Å². The van der Waals surface area contributed by atoms with E-state index in [0.29, 0.717) is 13.3 Å². The van der Waals surface area contributed by atoms with E-state index < -0.39 is 77.3 Å². The van der Waals surface area contributed by atoms with Gasteiger partial charge in [0.1, 0.15) is 18.1 Å². The van der Waals surface area contributed by atoms with Gasteiger partial charge in [0, 0.05) is 18.0 Å². The molecule has 0 aromatic rings. The van der Waals surface area contributed by atoms with Crippen LogP contribution < -0.4 is 16.0 Å². The van der Waals surface area contributed by atoms with Crippen LogP contribution >= 0.6 is 0 Å². The summed E-state index contributed by atoms with van der Waals surface area (Å²) in [6, 6.07) is -3.18. The molecule has 6 unspecified atom stereocenters. The lowest BCUT2D eigenvalue weighted by molar-refractivity contribution is -0.342. The van der Waals surface area contributed by atoms with Crippen LogP contribution in [0, 0.1) is 28.6 Å². The molecule has 2 aliphatic heterocycles. The highest BCUT2D eigenvalue weighted by Crippen LogP contribution is 2.40. The molecule has 2 fully saturated rings. The molecule has 40 heavy (non-hydrogen) atoms. The number of carbonyl (C=O) groups is 4. The SMILES string of the molecule is CC(OC(F)(F)F)C(NC(=O)C(F)(F)F)C(=O)N1CC(C)(C)C(C)C1C(=O)NC(C#N)CC1CC(C)(C)NC1=O. The molecule has 2 saturated heterocycles. The van der Waals surface area contributed by atoms with E-state index in [1.807, 2.05) is 6.07 Å². The Morgan fingerprint density at radius 2 is 1.73 bits per heavy atom. The van der Waals surface area contributed by atoms with Gasteiger partial charge in [0.05, 0.1) is 12.2 Å². The van der Waals surface area contributed by atoms with Crippen molar-refractivity contribution in [1.29, 1.82) is 5.26 Å². The van der Waals surface area contributed by atoms with Crippen molar-refractivity contribution in [3.8, 4) is 6.07 Å². The summed E-state index contributed by atoms with van der Waals surface area (Å²) in [5, 5.41) is 16.1. The number of alkyl halides is 6. The standard InChI is InChI=1S/C24H33F6N5O5/c1-11-16(18(37)32-14(9-31)7-13-8-22(5,6)34-17(13)36)35(10-21(11,3)4)19(38)15(12(2)40-24(28,29)30)33-20(39)23(25,26)27/h11-16H,7-8,10H2,1-6H3,(H,32,37)(H,33,39)(H,34,36). The predicted octanol–water partition coefficient (Wildman–Crippen LogP) is 2.14. The topological polar surface area (TPSA) is 141 Å². The normalized spacial score (nSPS) is 26.3.